The fourth-order valence-corrected chi connectivity index (χ4v) is 4.78. The third-order valence-corrected chi connectivity index (χ3v) is 6.49. The minimum absolute atomic E-state index is 0.0184. The molecule has 0 unspecified atom stereocenters. The quantitative estimate of drug-likeness (QED) is 0.688. The summed E-state index contributed by atoms with van der Waals surface area (Å²) in [6, 6.07) is 11.2. The number of likely N-dealkylation sites (N-methyl/N-ethyl adjacent to an activating group) is 1. The zero-order chi connectivity index (χ0) is 20.3. The average Bonchev–Trinajstić information content (AvgIpc) is 3.05. The highest BCUT2D eigenvalue weighted by Crippen LogP contribution is 2.18. The average molecular weight is 405 g/mol. The number of hydrogen-bond donors (Lipinski definition) is 0. The van der Waals surface area contributed by atoms with E-state index in [0.717, 1.165) is 0 Å². The summed E-state index contributed by atoms with van der Waals surface area (Å²) < 4.78 is 41.5. The maximum atomic E-state index is 13.0. The van der Waals surface area contributed by atoms with Crippen LogP contribution in [0.15, 0.2) is 48.5 Å². The van der Waals surface area contributed by atoms with Crippen molar-refractivity contribution in [2.24, 2.45) is 0 Å². The highest BCUT2D eigenvalue weighted by molar-refractivity contribution is 7.91. The Kier molecular flexibility index (Phi) is 5.79. The molecule has 1 saturated heterocycles. The van der Waals surface area contributed by atoms with Crippen LogP contribution in [-0.2, 0) is 14.6 Å². The van der Waals surface area contributed by atoms with Gasteiger partial charge in [-0.2, -0.15) is 0 Å². The van der Waals surface area contributed by atoms with Crippen molar-refractivity contribution in [3.63, 3.8) is 0 Å². The molecule has 1 aliphatic rings. The van der Waals surface area contributed by atoms with Crippen LogP contribution in [0, 0.1) is 5.82 Å². The van der Waals surface area contributed by atoms with Crippen molar-refractivity contribution in [2.75, 3.05) is 25.2 Å². The smallest absolute Gasteiger partial charge is 0.260 e. The van der Waals surface area contributed by atoms with Crippen LogP contribution in [0.4, 0.5) is 4.39 Å². The maximum Gasteiger partial charge on any atom is 0.260 e. The molecular formula is C20H20FNO5S. The summed E-state index contributed by atoms with van der Waals surface area (Å²) in [5, 5.41) is 0. The Labute approximate surface area is 162 Å². The fraction of sp³-hybridized carbons (Fsp3) is 0.300. The van der Waals surface area contributed by atoms with E-state index in [9.17, 15) is 22.4 Å². The number of sulfone groups is 1. The minimum atomic E-state index is -3.07. The molecule has 1 atom stereocenters. The van der Waals surface area contributed by atoms with Crippen molar-refractivity contribution in [1.29, 1.82) is 0 Å². The van der Waals surface area contributed by atoms with Gasteiger partial charge in [-0.1, -0.05) is 0 Å². The van der Waals surface area contributed by atoms with E-state index in [1.807, 2.05) is 0 Å². The topological polar surface area (TPSA) is 80.8 Å². The van der Waals surface area contributed by atoms with Crippen molar-refractivity contribution in [1.82, 2.24) is 4.90 Å². The van der Waals surface area contributed by atoms with E-state index in [0.29, 0.717) is 23.3 Å². The second-order valence-electron chi connectivity index (χ2n) is 6.71. The van der Waals surface area contributed by atoms with Crippen molar-refractivity contribution in [2.45, 2.75) is 12.5 Å². The number of rotatable bonds is 6. The van der Waals surface area contributed by atoms with Crippen LogP contribution in [-0.4, -0.2) is 56.2 Å². The summed E-state index contributed by atoms with van der Waals surface area (Å²) in [6.07, 6.45) is 0.435. The van der Waals surface area contributed by atoms with Crippen molar-refractivity contribution in [3.8, 4) is 5.75 Å². The van der Waals surface area contributed by atoms with Crippen LogP contribution in [0.3, 0.4) is 0 Å². The van der Waals surface area contributed by atoms with Gasteiger partial charge in [-0.3, -0.25) is 9.59 Å². The lowest BCUT2D eigenvalue weighted by molar-refractivity contribution is -0.133. The third-order valence-electron chi connectivity index (χ3n) is 4.73. The second kappa shape index (κ2) is 8.10. The van der Waals surface area contributed by atoms with E-state index < -0.39 is 15.7 Å². The van der Waals surface area contributed by atoms with Crippen LogP contribution in [0.2, 0.25) is 0 Å². The summed E-state index contributed by atoms with van der Waals surface area (Å²) in [5.74, 6) is -0.477. The monoisotopic (exact) mass is 405 g/mol. The molecule has 1 heterocycles. The first-order valence-corrected chi connectivity index (χ1v) is 10.6. The lowest BCUT2D eigenvalue weighted by Crippen LogP contribution is -2.40. The molecule has 0 radical (unpaired) electrons. The fourth-order valence-electron chi connectivity index (χ4n) is 3.00. The molecule has 148 valence electrons. The molecule has 1 amide bonds. The van der Waals surface area contributed by atoms with E-state index in [-0.39, 0.29) is 35.8 Å². The zero-order valence-corrected chi connectivity index (χ0v) is 16.1. The molecule has 0 aromatic heterocycles. The first-order valence-electron chi connectivity index (χ1n) is 8.74. The Morgan fingerprint density at radius 2 is 1.64 bits per heavy atom. The van der Waals surface area contributed by atoms with Gasteiger partial charge >= 0.3 is 0 Å². The predicted octanol–water partition coefficient (Wildman–Crippen LogP) is 2.08. The number of benzene rings is 2. The molecular weight excluding hydrogens is 385 g/mol. The van der Waals surface area contributed by atoms with Gasteiger partial charge in [0.1, 0.15) is 11.6 Å². The largest absolute Gasteiger partial charge is 0.484 e. The van der Waals surface area contributed by atoms with Crippen molar-refractivity contribution < 1.29 is 27.1 Å². The van der Waals surface area contributed by atoms with Gasteiger partial charge in [0.05, 0.1) is 11.5 Å². The first kappa shape index (κ1) is 20.0. The number of nitrogens with zero attached hydrogens (tertiary/aromatic N) is 1. The first-order chi connectivity index (χ1) is 13.2. The molecule has 2 aromatic carbocycles. The number of halogens is 1. The van der Waals surface area contributed by atoms with E-state index in [1.54, 1.807) is 31.3 Å². The minimum Gasteiger partial charge on any atom is -0.484 e. The summed E-state index contributed by atoms with van der Waals surface area (Å²) in [7, 11) is -1.50. The van der Waals surface area contributed by atoms with E-state index in [4.69, 9.17) is 4.74 Å². The number of carbonyl (C=O) groups is 2. The number of carbonyl (C=O) groups excluding carboxylic acids is 2. The third kappa shape index (κ3) is 4.75. The predicted molar refractivity (Wildman–Crippen MR) is 102 cm³/mol. The lowest BCUT2D eigenvalue weighted by atomic mass is 10.0. The lowest BCUT2D eigenvalue weighted by Gasteiger charge is -2.23. The van der Waals surface area contributed by atoms with Crippen LogP contribution in [0.1, 0.15) is 22.3 Å². The number of hydrogen-bond acceptors (Lipinski definition) is 5. The highest BCUT2D eigenvalue weighted by atomic mass is 32.2. The van der Waals surface area contributed by atoms with Crippen molar-refractivity contribution in [3.05, 3.63) is 65.5 Å². The molecule has 1 fully saturated rings. The molecule has 6 nitrogen and oxygen atoms in total. The number of amides is 1. The van der Waals surface area contributed by atoms with Gasteiger partial charge in [0.15, 0.2) is 22.2 Å². The van der Waals surface area contributed by atoms with Crippen LogP contribution >= 0.6 is 0 Å². The molecule has 0 saturated carbocycles. The van der Waals surface area contributed by atoms with Gasteiger partial charge in [-0.15, -0.1) is 0 Å². The molecule has 8 heteroatoms. The van der Waals surface area contributed by atoms with E-state index >= 15 is 0 Å². The number of ether oxygens (including phenoxy) is 1. The molecule has 0 N–H and O–H groups in total. The standard InChI is InChI=1S/C20H20FNO5S/c1-22(17-10-11-28(25,26)13-17)19(23)12-27-18-8-4-15(5-9-18)20(24)14-2-6-16(21)7-3-14/h2-9,17H,10-13H2,1H3/t17-/m0/s1. The molecule has 2 aromatic rings. The highest BCUT2D eigenvalue weighted by Gasteiger charge is 2.32. The molecule has 28 heavy (non-hydrogen) atoms. The Morgan fingerprint density at radius 3 is 2.18 bits per heavy atom. The van der Waals surface area contributed by atoms with Gasteiger partial charge in [0.2, 0.25) is 0 Å². The zero-order valence-electron chi connectivity index (χ0n) is 15.3. The summed E-state index contributed by atoms with van der Waals surface area (Å²) in [5.41, 5.74) is 0.789. The van der Waals surface area contributed by atoms with E-state index in [2.05, 4.69) is 0 Å². The maximum absolute atomic E-state index is 13.0. The number of ketones is 1. The van der Waals surface area contributed by atoms with Crippen LogP contribution in [0.25, 0.3) is 0 Å². The Bertz CT molecular complexity index is 971. The van der Waals surface area contributed by atoms with Gasteiger partial charge in [0.25, 0.3) is 5.91 Å². The summed E-state index contributed by atoms with van der Waals surface area (Å²) in [6.45, 7) is -0.224. The Hall–Kier alpha value is -2.74. The van der Waals surface area contributed by atoms with Gasteiger partial charge in [0, 0.05) is 24.2 Å². The van der Waals surface area contributed by atoms with Gasteiger partial charge < -0.3 is 9.64 Å². The van der Waals surface area contributed by atoms with Crippen molar-refractivity contribution >= 4 is 21.5 Å². The second-order valence-corrected chi connectivity index (χ2v) is 8.94. The Morgan fingerprint density at radius 1 is 1.07 bits per heavy atom. The molecule has 0 aliphatic carbocycles. The van der Waals surface area contributed by atoms with E-state index in [1.165, 1.54) is 29.2 Å². The molecule has 1 aliphatic heterocycles. The van der Waals surface area contributed by atoms with Gasteiger partial charge in [-0.05, 0) is 55.0 Å². The molecule has 0 bridgehead atoms. The molecule has 3 rings (SSSR count). The SMILES string of the molecule is CN(C(=O)COc1ccc(C(=O)c2ccc(F)cc2)cc1)[C@H]1CCS(=O)(=O)C1. The summed E-state index contributed by atoms with van der Waals surface area (Å²) >= 11 is 0. The Balaban J connectivity index is 1.56. The molecule has 0 spiro atoms. The summed E-state index contributed by atoms with van der Waals surface area (Å²) in [4.78, 5) is 26.0. The van der Waals surface area contributed by atoms with Crippen LogP contribution in [0.5, 0.6) is 5.75 Å². The normalized spacial score (nSPS) is 17.9. The van der Waals surface area contributed by atoms with Gasteiger partial charge in [-0.25, -0.2) is 12.8 Å². The van der Waals surface area contributed by atoms with Crippen LogP contribution < -0.4 is 4.74 Å².